The van der Waals surface area contributed by atoms with Crippen molar-refractivity contribution in [2.75, 3.05) is 18.4 Å². The van der Waals surface area contributed by atoms with Gasteiger partial charge in [-0.05, 0) is 63.4 Å². The molecule has 0 aliphatic heterocycles. The summed E-state index contributed by atoms with van der Waals surface area (Å²) in [4.78, 5) is 22.7. The van der Waals surface area contributed by atoms with E-state index in [0.29, 0.717) is 32.0 Å². The van der Waals surface area contributed by atoms with Crippen LogP contribution in [0.4, 0.5) is 10.5 Å². The van der Waals surface area contributed by atoms with Crippen molar-refractivity contribution in [3.63, 3.8) is 0 Å². The summed E-state index contributed by atoms with van der Waals surface area (Å²) in [6.45, 7) is 9.02. The average molecular weight is 398 g/mol. The Hall–Kier alpha value is -3.09. The van der Waals surface area contributed by atoms with Gasteiger partial charge in [-0.2, -0.15) is 0 Å². The number of rotatable bonds is 7. The molecule has 0 aliphatic rings. The molecule has 156 valence electrons. The lowest BCUT2D eigenvalue weighted by Gasteiger charge is -2.27. The Balaban J connectivity index is 1.91. The highest BCUT2D eigenvalue weighted by Gasteiger charge is 2.22. The van der Waals surface area contributed by atoms with Crippen LogP contribution in [0.15, 0.2) is 53.8 Å². The van der Waals surface area contributed by atoms with Gasteiger partial charge in [0, 0.05) is 31.2 Å². The van der Waals surface area contributed by atoms with Gasteiger partial charge in [0.05, 0.1) is 6.54 Å². The monoisotopic (exact) mass is 397 g/mol. The van der Waals surface area contributed by atoms with E-state index in [4.69, 9.17) is 10.5 Å². The van der Waals surface area contributed by atoms with Crippen LogP contribution in [0.2, 0.25) is 0 Å². The van der Waals surface area contributed by atoms with Crippen molar-refractivity contribution in [1.29, 1.82) is 0 Å². The van der Waals surface area contributed by atoms with Gasteiger partial charge in [-0.1, -0.05) is 18.2 Å². The second-order valence-electron chi connectivity index (χ2n) is 7.88. The minimum Gasteiger partial charge on any atom is -0.444 e. The number of aryl methyl sites for hydroxylation is 1. The Labute approximate surface area is 173 Å². The largest absolute Gasteiger partial charge is 0.444 e. The summed E-state index contributed by atoms with van der Waals surface area (Å²) in [5.74, 6) is 0.353. The van der Waals surface area contributed by atoms with E-state index in [0.717, 1.165) is 16.8 Å². The van der Waals surface area contributed by atoms with E-state index in [2.05, 4.69) is 15.3 Å². The highest BCUT2D eigenvalue weighted by atomic mass is 16.6. The topological polar surface area (TPSA) is 92.8 Å². The number of benzene rings is 1. The number of ether oxygens (including phenoxy) is 1. The molecular formula is C22H31N5O2. The number of nitrogens with one attached hydrogen (secondary N) is 1. The number of nitrogens with zero attached hydrogens (tertiary/aromatic N) is 3. The van der Waals surface area contributed by atoms with E-state index >= 15 is 0 Å². The van der Waals surface area contributed by atoms with Gasteiger partial charge in [-0.15, -0.1) is 0 Å². The predicted molar refractivity (Wildman–Crippen MR) is 117 cm³/mol. The number of nitrogens with two attached hydrogens (primary N) is 1. The lowest BCUT2D eigenvalue weighted by Crippen LogP contribution is -2.37. The SMILES string of the molecule is Cc1cccc(NC(N)=NCCCN(Cc2cccnc2)C(=O)OC(C)(C)C)c1. The summed E-state index contributed by atoms with van der Waals surface area (Å²) in [5.41, 5.74) is 8.41. The number of anilines is 1. The maximum absolute atomic E-state index is 12.6. The number of pyridine rings is 1. The van der Waals surface area contributed by atoms with E-state index in [1.165, 1.54) is 0 Å². The van der Waals surface area contributed by atoms with Crippen LogP contribution in [0.1, 0.15) is 38.3 Å². The van der Waals surface area contributed by atoms with Crippen LogP contribution in [-0.2, 0) is 11.3 Å². The van der Waals surface area contributed by atoms with Crippen LogP contribution in [0.25, 0.3) is 0 Å². The standard InChI is InChI=1S/C22H31N5O2/c1-17-8-5-10-19(14-17)26-20(23)25-12-7-13-27(21(28)29-22(2,3)4)16-18-9-6-11-24-15-18/h5-6,8-11,14-15H,7,12-13,16H2,1-4H3,(H3,23,25,26). The fourth-order valence-corrected chi connectivity index (χ4v) is 2.64. The maximum Gasteiger partial charge on any atom is 0.410 e. The van der Waals surface area contributed by atoms with Crippen LogP contribution in [0.5, 0.6) is 0 Å². The van der Waals surface area contributed by atoms with Gasteiger partial charge in [0.15, 0.2) is 5.96 Å². The first-order valence-corrected chi connectivity index (χ1v) is 9.73. The molecule has 0 radical (unpaired) electrons. The Morgan fingerprint density at radius 3 is 2.72 bits per heavy atom. The Morgan fingerprint density at radius 1 is 1.28 bits per heavy atom. The normalized spacial score (nSPS) is 11.8. The summed E-state index contributed by atoms with van der Waals surface area (Å²) < 4.78 is 5.53. The van der Waals surface area contributed by atoms with E-state index in [9.17, 15) is 4.79 Å². The van der Waals surface area contributed by atoms with Gasteiger partial charge in [0.2, 0.25) is 0 Å². The fourth-order valence-electron chi connectivity index (χ4n) is 2.64. The number of guanidine groups is 1. The minimum atomic E-state index is -0.551. The van der Waals surface area contributed by atoms with Gasteiger partial charge in [-0.3, -0.25) is 9.98 Å². The van der Waals surface area contributed by atoms with E-state index < -0.39 is 5.60 Å². The second kappa shape index (κ2) is 10.5. The lowest BCUT2D eigenvalue weighted by atomic mass is 10.2. The Morgan fingerprint density at radius 2 is 2.07 bits per heavy atom. The van der Waals surface area contributed by atoms with Crippen molar-refractivity contribution < 1.29 is 9.53 Å². The predicted octanol–water partition coefficient (Wildman–Crippen LogP) is 3.94. The molecule has 1 heterocycles. The third-order valence-corrected chi connectivity index (χ3v) is 3.91. The molecule has 0 bridgehead atoms. The van der Waals surface area contributed by atoms with E-state index in [1.54, 1.807) is 17.3 Å². The highest BCUT2D eigenvalue weighted by Crippen LogP contribution is 2.13. The molecular weight excluding hydrogens is 366 g/mol. The zero-order valence-electron chi connectivity index (χ0n) is 17.7. The van der Waals surface area contributed by atoms with Crippen molar-refractivity contribution >= 4 is 17.7 Å². The maximum atomic E-state index is 12.6. The summed E-state index contributed by atoms with van der Waals surface area (Å²) >= 11 is 0. The molecule has 0 saturated heterocycles. The number of aromatic nitrogens is 1. The molecule has 0 unspecified atom stereocenters. The van der Waals surface area contributed by atoms with Gasteiger partial charge in [0.25, 0.3) is 0 Å². The molecule has 1 aromatic heterocycles. The fraction of sp³-hybridized carbons (Fsp3) is 0.409. The molecule has 7 nitrogen and oxygen atoms in total. The van der Waals surface area contributed by atoms with Crippen molar-refractivity contribution in [2.45, 2.75) is 46.3 Å². The number of hydrogen-bond donors (Lipinski definition) is 2. The number of aliphatic imine (C=N–C) groups is 1. The Bertz CT molecular complexity index is 815. The van der Waals surface area contributed by atoms with Crippen LogP contribution >= 0.6 is 0 Å². The van der Waals surface area contributed by atoms with Crippen molar-refractivity contribution in [3.05, 3.63) is 59.9 Å². The molecule has 1 amide bonds. The first kappa shape index (κ1) is 22.2. The quantitative estimate of drug-likeness (QED) is 0.419. The highest BCUT2D eigenvalue weighted by molar-refractivity contribution is 5.92. The molecule has 0 saturated carbocycles. The average Bonchev–Trinajstić information content (AvgIpc) is 2.63. The molecule has 0 spiro atoms. The van der Waals surface area contributed by atoms with Gasteiger partial charge in [-0.25, -0.2) is 4.79 Å². The van der Waals surface area contributed by atoms with Gasteiger partial charge < -0.3 is 20.7 Å². The van der Waals surface area contributed by atoms with Crippen LogP contribution in [-0.4, -0.2) is 40.6 Å². The molecule has 0 atom stereocenters. The van der Waals surface area contributed by atoms with Gasteiger partial charge >= 0.3 is 6.09 Å². The zero-order valence-corrected chi connectivity index (χ0v) is 17.7. The molecule has 0 fully saturated rings. The molecule has 2 rings (SSSR count). The van der Waals surface area contributed by atoms with Crippen molar-refractivity contribution in [3.8, 4) is 0 Å². The zero-order chi connectivity index (χ0) is 21.3. The third-order valence-electron chi connectivity index (χ3n) is 3.91. The van der Waals surface area contributed by atoms with Crippen LogP contribution in [0, 0.1) is 6.92 Å². The number of amides is 1. The van der Waals surface area contributed by atoms with Crippen molar-refractivity contribution in [1.82, 2.24) is 9.88 Å². The molecule has 3 N–H and O–H groups in total. The molecule has 2 aromatic rings. The molecule has 29 heavy (non-hydrogen) atoms. The first-order valence-electron chi connectivity index (χ1n) is 9.73. The van der Waals surface area contributed by atoms with E-state index in [1.807, 2.05) is 64.1 Å². The minimum absolute atomic E-state index is 0.351. The number of hydrogen-bond acceptors (Lipinski definition) is 4. The molecule has 1 aromatic carbocycles. The van der Waals surface area contributed by atoms with Crippen LogP contribution < -0.4 is 11.1 Å². The number of carbonyl (C=O) groups is 1. The molecule has 0 aliphatic carbocycles. The smallest absolute Gasteiger partial charge is 0.410 e. The summed E-state index contributed by atoms with van der Waals surface area (Å²) in [6, 6.07) is 11.7. The van der Waals surface area contributed by atoms with Crippen LogP contribution in [0.3, 0.4) is 0 Å². The number of carbonyl (C=O) groups excluding carboxylic acids is 1. The summed E-state index contributed by atoms with van der Waals surface area (Å²) in [7, 11) is 0. The summed E-state index contributed by atoms with van der Waals surface area (Å²) in [6.07, 6.45) is 3.77. The Kier molecular flexibility index (Phi) is 8.00. The first-order chi connectivity index (χ1) is 13.7. The van der Waals surface area contributed by atoms with Crippen molar-refractivity contribution in [2.24, 2.45) is 10.7 Å². The molecule has 7 heteroatoms. The van der Waals surface area contributed by atoms with Gasteiger partial charge in [0.1, 0.15) is 5.60 Å². The summed E-state index contributed by atoms with van der Waals surface area (Å²) in [5, 5.41) is 3.08. The lowest BCUT2D eigenvalue weighted by molar-refractivity contribution is 0.0232. The third kappa shape index (κ3) is 8.64. The second-order valence-corrected chi connectivity index (χ2v) is 7.88. The van der Waals surface area contributed by atoms with E-state index in [-0.39, 0.29) is 6.09 Å².